The number of nitrogens with zero attached hydrogens (tertiary/aromatic N) is 1. The van der Waals surface area contributed by atoms with Gasteiger partial charge in [0.15, 0.2) is 6.54 Å². The maximum absolute atomic E-state index is 11.9. The second-order valence-electron chi connectivity index (χ2n) is 5.54. The number of anilines is 1. The van der Waals surface area contributed by atoms with Crippen LogP contribution in [0.15, 0.2) is 24.4 Å². The standard InChI is InChI=1S/C15H24N4O/c1-3-13(2)17-15(20)12-18-8-10-19(11-9-18)14-6-4-5-7-16-14/h4-7,13H,3,8-12H2,1-2H3,(H,17,20)/p+2/t13-/m0/s1. The molecular formula is C15H26N4O+2. The number of hydrogen-bond acceptors (Lipinski definition) is 2. The first-order valence-corrected chi connectivity index (χ1v) is 7.53. The van der Waals surface area contributed by atoms with Crippen LogP contribution >= 0.6 is 0 Å². The second-order valence-corrected chi connectivity index (χ2v) is 5.54. The first kappa shape index (κ1) is 14.8. The van der Waals surface area contributed by atoms with E-state index in [2.05, 4.69) is 35.1 Å². The van der Waals surface area contributed by atoms with E-state index in [1.54, 1.807) is 0 Å². The van der Waals surface area contributed by atoms with E-state index >= 15 is 0 Å². The highest BCUT2D eigenvalue weighted by Gasteiger charge is 2.27. The van der Waals surface area contributed by atoms with E-state index in [4.69, 9.17) is 0 Å². The van der Waals surface area contributed by atoms with Crippen LogP contribution in [0.2, 0.25) is 0 Å². The minimum atomic E-state index is 0.175. The summed E-state index contributed by atoms with van der Waals surface area (Å²) in [5.74, 6) is 1.34. The Morgan fingerprint density at radius 1 is 1.45 bits per heavy atom. The van der Waals surface area contributed by atoms with E-state index < -0.39 is 0 Å². The minimum absolute atomic E-state index is 0.175. The van der Waals surface area contributed by atoms with Gasteiger partial charge in [-0.3, -0.25) is 9.69 Å². The topological polar surface area (TPSA) is 50.9 Å². The van der Waals surface area contributed by atoms with Crippen LogP contribution in [-0.4, -0.2) is 44.7 Å². The summed E-state index contributed by atoms with van der Waals surface area (Å²) in [4.78, 5) is 18.9. The van der Waals surface area contributed by atoms with Crippen LogP contribution in [0.25, 0.3) is 0 Å². The molecule has 5 heteroatoms. The number of rotatable bonds is 5. The zero-order valence-electron chi connectivity index (χ0n) is 12.5. The first-order valence-electron chi connectivity index (χ1n) is 7.53. The number of quaternary nitrogens is 1. The third-order valence-corrected chi connectivity index (χ3v) is 3.93. The second kappa shape index (κ2) is 7.24. The van der Waals surface area contributed by atoms with Gasteiger partial charge in [-0.05, 0) is 19.4 Å². The Bertz CT molecular complexity index is 415. The van der Waals surface area contributed by atoms with Gasteiger partial charge in [0.1, 0.15) is 26.2 Å². The van der Waals surface area contributed by atoms with Crippen molar-refractivity contribution in [2.45, 2.75) is 26.3 Å². The Labute approximate surface area is 121 Å². The number of amides is 1. The molecular weight excluding hydrogens is 252 g/mol. The van der Waals surface area contributed by atoms with Crippen molar-refractivity contribution in [1.29, 1.82) is 0 Å². The molecule has 1 aromatic heterocycles. The molecule has 0 aromatic carbocycles. The molecule has 1 amide bonds. The lowest BCUT2D eigenvalue weighted by Gasteiger charge is -2.28. The molecule has 2 rings (SSSR count). The Morgan fingerprint density at radius 2 is 2.20 bits per heavy atom. The summed E-state index contributed by atoms with van der Waals surface area (Å²) in [5, 5.41) is 3.04. The Balaban J connectivity index is 1.76. The van der Waals surface area contributed by atoms with Crippen molar-refractivity contribution in [3.05, 3.63) is 24.4 Å². The molecule has 1 fully saturated rings. The summed E-state index contributed by atoms with van der Waals surface area (Å²) >= 11 is 0. The highest BCUT2D eigenvalue weighted by molar-refractivity contribution is 5.77. The normalized spacial score (nSPS) is 17.8. The van der Waals surface area contributed by atoms with Crippen LogP contribution in [0.3, 0.4) is 0 Å². The number of aromatic nitrogens is 1. The zero-order valence-corrected chi connectivity index (χ0v) is 12.5. The number of carbonyl (C=O) groups is 1. The predicted molar refractivity (Wildman–Crippen MR) is 78.7 cm³/mol. The van der Waals surface area contributed by atoms with Gasteiger partial charge >= 0.3 is 0 Å². The maximum Gasteiger partial charge on any atom is 0.275 e. The molecule has 1 aromatic rings. The summed E-state index contributed by atoms with van der Waals surface area (Å²) < 4.78 is 0. The van der Waals surface area contributed by atoms with Crippen molar-refractivity contribution in [2.24, 2.45) is 0 Å². The maximum atomic E-state index is 11.9. The van der Waals surface area contributed by atoms with E-state index in [0.717, 1.165) is 38.4 Å². The number of aromatic amines is 1. The molecule has 1 atom stereocenters. The third-order valence-electron chi connectivity index (χ3n) is 3.93. The molecule has 0 radical (unpaired) electrons. The Morgan fingerprint density at radius 3 is 2.80 bits per heavy atom. The quantitative estimate of drug-likeness (QED) is 0.735. The fraction of sp³-hybridized carbons (Fsp3) is 0.600. The highest BCUT2D eigenvalue weighted by atomic mass is 16.2. The predicted octanol–water partition coefficient (Wildman–Crippen LogP) is -0.880. The zero-order chi connectivity index (χ0) is 14.4. The van der Waals surface area contributed by atoms with Crippen molar-refractivity contribution < 1.29 is 14.7 Å². The molecule has 110 valence electrons. The number of nitrogens with one attached hydrogen (secondary N) is 3. The monoisotopic (exact) mass is 278 g/mol. The number of H-pyrrole nitrogens is 1. The smallest absolute Gasteiger partial charge is 0.275 e. The van der Waals surface area contributed by atoms with Gasteiger partial charge in [-0.2, -0.15) is 0 Å². The molecule has 5 nitrogen and oxygen atoms in total. The summed E-state index contributed by atoms with van der Waals surface area (Å²) in [6.07, 6.45) is 2.94. The molecule has 1 aliphatic heterocycles. The molecule has 0 spiro atoms. The van der Waals surface area contributed by atoms with E-state index in [9.17, 15) is 4.79 Å². The van der Waals surface area contributed by atoms with Crippen molar-refractivity contribution in [3.63, 3.8) is 0 Å². The number of carbonyl (C=O) groups excluding carboxylic acids is 1. The van der Waals surface area contributed by atoms with Crippen LogP contribution in [-0.2, 0) is 4.79 Å². The van der Waals surface area contributed by atoms with E-state index in [0.29, 0.717) is 6.54 Å². The first-order chi connectivity index (χ1) is 9.69. The molecule has 20 heavy (non-hydrogen) atoms. The molecule has 0 bridgehead atoms. The summed E-state index contributed by atoms with van der Waals surface area (Å²) in [6, 6.07) is 6.41. The van der Waals surface area contributed by atoms with Crippen LogP contribution in [0, 0.1) is 0 Å². The SMILES string of the molecule is CC[C@H](C)NC(=O)C[NH+]1CCN(c2cccc[nH+]2)CC1. The van der Waals surface area contributed by atoms with Crippen LogP contribution < -0.4 is 20.1 Å². The van der Waals surface area contributed by atoms with Gasteiger partial charge < -0.3 is 10.2 Å². The lowest BCUT2D eigenvalue weighted by molar-refractivity contribution is -0.892. The van der Waals surface area contributed by atoms with E-state index in [1.165, 1.54) is 4.90 Å². The summed E-state index contributed by atoms with van der Waals surface area (Å²) in [7, 11) is 0. The number of piperazine rings is 1. The molecule has 2 heterocycles. The molecule has 1 aliphatic rings. The van der Waals surface area contributed by atoms with Crippen molar-refractivity contribution in [1.82, 2.24) is 5.32 Å². The van der Waals surface area contributed by atoms with Crippen LogP contribution in [0.4, 0.5) is 5.82 Å². The fourth-order valence-electron chi connectivity index (χ4n) is 2.48. The van der Waals surface area contributed by atoms with Gasteiger partial charge in [-0.1, -0.05) is 13.0 Å². The van der Waals surface area contributed by atoms with Crippen molar-refractivity contribution in [2.75, 3.05) is 37.6 Å². The largest absolute Gasteiger partial charge is 0.349 e. The van der Waals surface area contributed by atoms with Crippen LogP contribution in [0.1, 0.15) is 20.3 Å². The minimum Gasteiger partial charge on any atom is -0.349 e. The highest BCUT2D eigenvalue weighted by Crippen LogP contribution is 2.04. The van der Waals surface area contributed by atoms with Crippen LogP contribution in [0.5, 0.6) is 0 Å². The summed E-state index contributed by atoms with van der Waals surface area (Å²) in [6.45, 7) is 8.74. The van der Waals surface area contributed by atoms with E-state index in [1.807, 2.05) is 18.3 Å². The van der Waals surface area contributed by atoms with Gasteiger partial charge in [0, 0.05) is 12.1 Å². The average molecular weight is 278 g/mol. The van der Waals surface area contributed by atoms with Gasteiger partial charge in [-0.25, -0.2) is 4.98 Å². The van der Waals surface area contributed by atoms with Crippen molar-refractivity contribution in [3.8, 4) is 0 Å². The van der Waals surface area contributed by atoms with Gasteiger partial charge in [0.2, 0.25) is 0 Å². The Hall–Kier alpha value is -1.62. The van der Waals surface area contributed by atoms with Gasteiger partial charge in [-0.15, -0.1) is 0 Å². The molecule has 0 saturated carbocycles. The molecule has 1 saturated heterocycles. The Kier molecular flexibility index (Phi) is 5.35. The van der Waals surface area contributed by atoms with Gasteiger partial charge in [0.25, 0.3) is 11.7 Å². The van der Waals surface area contributed by atoms with E-state index in [-0.39, 0.29) is 11.9 Å². The van der Waals surface area contributed by atoms with Gasteiger partial charge in [0.05, 0.1) is 6.20 Å². The van der Waals surface area contributed by atoms with Crippen molar-refractivity contribution >= 4 is 11.7 Å². The molecule has 0 aliphatic carbocycles. The number of pyridine rings is 1. The fourth-order valence-corrected chi connectivity index (χ4v) is 2.48. The summed E-state index contributed by atoms with van der Waals surface area (Å²) in [5.41, 5.74) is 0. The average Bonchev–Trinajstić information content (AvgIpc) is 2.48. The lowest BCUT2D eigenvalue weighted by atomic mass is 10.2. The molecule has 0 unspecified atom stereocenters. The lowest BCUT2D eigenvalue weighted by Crippen LogP contribution is -3.16. The third kappa shape index (κ3) is 4.20. The molecule has 3 N–H and O–H groups in total. The number of hydrogen-bond donors (Lipinski definition) is 2.